The predicted molar refractivity (Wildman–Crippen MR) is 101 cm³/mol. The smallest absolute Gasteiger partial charge is 0.230 e. The van der Waals surface area contributed by atoms with E-state index in [0.29, 0.717) is 6.42 Å². The number of likely N-dealkylation sites (tertiary alicyclic amines) is 1. The number of aromatic amines is 1. The lowest BCUT2D eigenvalue weighted by Gasteiger charge is -2.25. The number of imide groups is 1. The number of hydrogen-bond acceptors (Lipinski definition) is 6. The zero-order valence-electron chi connectivity index (χ0n) is 15.7. The molecular formula is C20H23N5O3. The number of nitrogens with zero attached hydrogens (tertiary/aromatic N) is 4. The Balaban J connectivity index is 1.35. The number of Topliss-reactive ketones (excluding diaryl/α,β-unsaturated/α-hetero) is 1. The molecule has 3 aliphatic rings. The fourth-order valence-electron chi connectivity index (χ4n) is 4.67. The van der Waals surface area contributed by atoms with Gasteiger partial charge in [0.15, 0.2) is 5.78 Å². The minimum Gasteiger partial charge on any atom is -0.355 e. The van der Waals surface area contributed by atoms with Crippen LogP contribution >= 0.6 is 0 Å². The summed E-state index contributed by atoms with van der Waals surface area (Å²) in [6, 6.07) is 1.99. The molecule has 0 radical (unpaired) electrons. The maximum absolute atomic E-state index is 12.9. The molecule has 1 atom stereocenters. The van der Waals surface area contributed by atoms with Gasteiger partial charge in [0.1, 0.15) is 17.8 Å². The molecule has 3 fully saturated rings. The van der Waals surface area contributed by atoms with Gasteiger partial charge in [0.05, 0.1) is 11.9 Å². The Morgan fingerprint density at radius 1 is 1.21 bits per heavy atom. The molecule has 8 heteroatoms. The van der Waals surface area contributed by atoms with Gasteiger partial charge in [0.25, 0.3) is 0 Å². The molecule has 2 aliphatic heterocycles. The fourth-order valence-corrected chi connectivity index (χ4v) is 4.67. The summed E-state index contributed by atoms with van der Waals surface area (Å²) in [6.45, 7) is 1.56. The number of anilines is 1. The Labute approximate surface area is 162 Å². The molecule has 2 amide bonds. The van der Waals surface area contributed by atoms with E-state index in [1.807, 2.05) is 12.3 Å². The number of rotatable bonds is 4. The number of ketones is 1. The molecule has 146 valence electrons. The van der Waals surface area contributed by atoms with Crippen molar-refractivity contribution in [2.75, 3.05) is 24.5 Å². The van der Waals surface area contributed by atoms with Crippen LogP contribution in [0.25, 0.3) is 11.0 Å². The van der Waals surface area contributed by atoms with Crippen molar-refractivity contribution in [2.24, 2.45) is 11.3 Å². The first-order valence-electron chi connectivity index (χ1n) is 9.94. The van der Waals surface area contributed by atoms with Crippen LogP contribution in [0.15, 0.2) is 18.6 Å². The Morgan fingerprint density at radius 2 is 2.00 bits per heavy atom. The van der Waals surface area contributed by atoms with Gasteiger partial charge in [-0.15, -0.1) is 0 Å². The van der Waals surface area contributed by atoms with E-state index < -0.39 is 0 Å². The van der Waals surface area contributed by atoms with Crippen molar-refractivity contribution in [1.29, 1.82) is 0 Å². The first kappa shape index (κ1) is 17.3. The standard InChI is InChI=1S/C20H23N5O3/c26-15(10-25-16(27)1-2-17(25)28)13-4-8-24(11-20(9-13)5-6-20)19-14-3-7-21-18(14)22-12-23-19/h3,7,12-13H,1-2,4-6,8-11H2,(H,21,22,23). The van der Waals surface area contributed by atoms with Crippen molar-refractivity contribution >= 4 is 34.4 Å². The van der Waals surface area contributed by atoms with Crippen molar-refractivity contribution in [3.8, 4) is 0 Å². The molecule has 1 aliphatic carbocycles. The van der Waals surface area contributed by atoms with E-state index >= 15 is 0 Å². The molecule has 2 saturated heterocycles. The van der Waals surface area contributed by atoms with E-state index in [-0.39, 0.29) is 48.3 Å². The molecule has 1 saturated carbocycles. The van der Waals surface area contributed by atoms with E-state index in [9.17, 15) is 14.4 Å². The molecule has 0 bridgehead atoms. The average molecular weight is 381 g/mol. The van der Waals surface area contributed by atoms with Crippen LogP contribution in [0.4, 0.5) is 5.82 Å². The third kappa shape index (κ3) is 2.96. The largest absolute Gasteiger partial charge is 0.355 e. The minimum absolute atomic E-state index is 0.0196. The van der Waals surface area contributed by atoms with E-state index in [4.69, 9.17) is 0 Å². The fraction of sp³-hybridized carbons (Fsp3) is 0.550. The van der Waals surface area contributed by atoms with E-state index in [1.54, 1.807) is 6.33 Å². The number of carbonyl (C=O) groups is 3. The van der Waals surface area contributed by atoms with Crippen LogP contribution in [0.1, 0.15) is 38.5 Å². The summed E-state index contributed by atoms with van der Waals surface area (Å²) in [6.07, 6.45) is 7.67. The first-order chi connectivity index (χ1) is 13.5. The lowest BCUT2D eigenvalue weighted by Crippen LogP contribution is -2.37. The summed E-state index contributed by atoms with van der Waals surface area (Å²) < 4.78 is 0. The normalized spacial score (nSPS) is 24.2. The highest BCUT2D eigenvalue weighted by Crippen LogP contribution is 2.53. The molecule has 1 unspecified atom stereocenters. The summed E-state index contributed by atoms with van der Waals surface area (Å²) >= 11 is 0. The van der Waals surface area contributed by atoms with Gasteiger partial charge in [0, 0.05) is 38.0 Å². The number of amides is 2. The quantitative estimate of drug-likeness (QED) is 0.809. The number of H-pyrrole nitrogens is 1. The number of hydrogen-bond donors (Lipinski definition) is 1. The Kier molecular flexibility index (Phi) is 3.96. The van der Waals surface area contributed by atoms with Gasteiger partial charge in [-0.05, 0) is 37.2 Å². The lowest BCUT2D eigenvalue weighted by atomic mass is 9.88. The van der Waals surface area contributed by atoms with Crippen LogP contribution in [-0.4, -0.2) is 57.1 Å². The molecular weight excluding hydrogens is 358 g/mol. The molecule has 0 aromatic carbocycles. The number of carbonyl (C=O) groups excluding carboxylic acids is 3. The van der Waals surface area contributed by atoms with Crippen LogP contribution in [0.5, 0.6) is 0 Å². The third-order valence-corrected chi connectivity index (χ3v) is 6.47. The monoisotopic (exact) mass is 381 g/mol. The van der Waals surface area contributed by atoms with E-state index in [2.05, 4.69) is 19.9 Å². The number of fused-ring (bicyclic) bond motifs is 1. The number of nitrogens with one attached hydrogen (secondary N) is 1. The van der Waals surface area contributed by atoms with Gasteiger partial charge in [-0.3, -0.25) is 19.3 Å². The molecule has 1 N–H and O–H groups in total. The van der Waals surface area contributed by atoms with Crippen molar-refractivity contribution < 1.29 is 14.4 Å². The second kappa shape index (κ2) is 6.39. The average Bonchev–Trinajstić information content (AvgIpc) is 3.22. The molecule has 4 heterocycles. The van der Waals surface area contributed by atoms with E-state index in [1.165, 1.54) is 0 Å². The van der Waals surface area contributed by atoms with Crippen LogP contribution < -0.4 is 4.90 Å². The van der Waals surface area contributed by atoms with Crippen molar-refractivity contribution in [1.82, 2.24) is 19.9 Å². The highest BCUT2D eigenvalue weighted by Gasteiger charge is 2.48. The molecule has 2 aromatic rings. The summed E-state index contributed by atoms with van der Waals surface area (Å²) in [5.41, 5.74) is 0.960. The highest BCUT2D eigenvalue weighted by molar-refractivity contribution is 6.05. The van der Waals surface area contributed by atoms with Gasteiger partial charge >= 0.3 is 0 Å². The van der Waals surface area contributed by atoms with Gasteiger partial charge < -0.3 is 9.88 Å². The van der Waals surface area contributed by atoms with Crippen molar-refractivity contribution in [3.05, 3.63) is 18.6 Å². The first-order valence-corrected chi connectivity index (χ1v) is 9.94. The van der Waals surface area contributed by atoms with Crippen LogP contribution in [-0.2, 0) is 14.4 Å². The van der Waals surface area contributed by atoms with Gasteiger partial charge in [-0.2, -0.15) is 0 Å². The molecule has 8 nitrogen and oxygen atoms in total. The van der Waals surface area contributed by atoms with Gasteiger partial charge in [0.2, 0.25) is 11.8 Å². The minimum atomic E-state index is -0.217. The SMILES string of the molecule is O=C(CN1C(=O)CCC1=O)C1CCN(c2ncnc3[nH]ccc23)CC2(CC2)C1. The third-order valence-electron chi connectivity index (χ3n) is 6.47. The molecule has 28 heavy (non-hydrogen) atoms. The maximum Gasteiger partial charge on any atom is 0.230 e. The molecule has 2 aromatic heterocycles. The lowest BCUT2D eigenvalue weighted by molar-refractivity contribution is -0.142. The van der Waals surface area contributed by atoms with E-state index in [0.717, 1.165) is 54.1 Å². The van der Waals surface area contributed by atoms with Gasteiger partial charge in [-0.25, -0.2) is 9.97 Å². The summed E-state index contributed by atoms with van der Waals surface area (Å²) in [5.74, 6) is 0.384. The van der Waals surface area contributed by atoms with Crippen molar-refractivity contribution in [3.63, 3.8) is 0 Å². The summed E-state index contributed by atoms with van der Waals surface area (Å²) in [7, 11) is 0. The summed E-state index contributed by atoms with van der Waals surface area (Å²) in [5, 5.41) is 0.997. The zero-order valence-corrected chi connectivity index (χ0v) is 15.7. The van der Waals surface area contributed by atoms with Crippen LogP contribution in [0.2, 0.25) is 0 Å². The van der Waals surface area contributed by atoms with Crippen LogP contribution in [0.3, 0.4) is 0 Å². The highest BCUT2D eigenvalue weighted by atomic mass is 16.2. The Morgan fingerprint density at radius 3 is 2.75 bits per heavy atom. The second-order valence-corrected chi connectivity index (χ2v) is 8.39. The maximum atomic E-state index is 12.9. The Hall–Kier alpha value is -2.77. The number of aromatic nitrogens is 3. The predicted octanol–water partition coefficient (Wildman–Crippen LogP) is 1.67. The second-order valence-electron chi connectivity index (χ2n) is 8.39. The topological polar surface area (TPSA) is 99.3 Å². The van der Waals surface area contributed by atoms with Crippen molar-refractivity contribution in [2.45, 2.75) is 38.5 Å². The Bertz CT molecular complexity index is 948. The zero-order chi connectivity index (χ0) is 19.3. The van der Waals surface area contributed by atoms with Gasteiger partial charge in [-0.1, -0.05) is 0 Å². The molecule has 5 rings (SSSR count). The van der Waals surface area contributed by atoms with Crippen LogP contribution in [0, 0.1) is 11.3 Å². The summed E-state index contributed by atoms with van der Waals surface area (Å²) in [4.78, 5) is 52.0. The molecule has 1 spiro atoms.